The molecule has 2 aliphatic heterocycles. The van der Waals surface area contributed by atoms with E-state index in [1.54, 1.807) is 0 Å². The lowest BCUT2D eigenvalue weighted by atomic mass is 10.3. The fraction of sp³-hybridized carbons (Fsp3) is 0.882. The van der Waals surface area contributed by atoms with Crippen molar-refractivity contribution in [2.24, 2.45) is 9.98 Å². The van der Waals surface area contributed by atoms with Gasteiger partial charge in [-0.05, 0) is 19.9 Å². The summed E-state index contributed by atoms with van der Waals surface area (Å²) >= 11 is 0. The molecule has 2 saturated heterocycles. The molecular weight excluding hydrogens is 302 g/mol. The Kier molecular flexibility index (Phi) is 7.15. The van der Waals surface area contributed by atoms with Crippen molar-refractivity contribution < 1.29 is 0 Å². The number of aliphatic imine (C=N–C) groups is 2. The first-order valence-electron chi connectivity index (χ1n) is 9.11. The van der Waals surface area contributed by atoms with Gasteiger partial charge in [-0.15, -0.1) is 0 Å². The highest BCUT2D eigenvalue weighted by Crippen LogP contribution is 2.06. The molecule has 0 amide bonds. The van der Waals surface area contributed by atoms with Crippen LogP contribution in [0.2, 0.25) is 0 Å². The maximum Gasteiger partial charge on any atom is 0.196 e. The summed E-state index contributed by atoms with van der Waals surface area (Å²) in [6.45, 7) is 8.07. The molecule has 0 radical (unpaired) electrons. The van der Waals surface area contributed by atoms with Gasteiger partial charge in [-0.25, -0.2) is 0 Å². The van der Waals surface area contributed by atoms with Crippen molar-refractivity contribution in [3.8, 4) is 0 Å². The van der Waals surface area contributed by atoms with Crippen LogP contribution in [0.4, 0.5) is 0 Å². The SMILES string of the molecule is CN(CCN=C1N(C)CCCN1C)CCN=C1N(C)CCCN1C. The predicted molar refractivity (Wildman–Crippen MR) is 102 cm³/mol. The minimum Gasteiger partial charge on any atom is -0.346 e. The molecule has 0 unspecified atom stereocenters. The van der Waals surface area contributed by atoms with Crippen LogP contribution < -0.4 is 0 Å². The first-order chi connectivity index (χ1) is 11.5. The standard InChI is InChI=1S/C17H35N7/c1-20(14-8-18-16-21(2)10-6-11-22(16)3)15-9-19-17-23(4)12-7-13-24(17)5/h6-15H2,1-5H3. The molecule has 0 aliphatic carbocycles. The average Bonchev–Trinajstić information content (AvgIpc) is 2.53. The van der Waals surface area contributed by atoms with Crippen LogP contribution in [0, 0.1) is 0 Å². The molecule has 7 heteroatoms. The van der Waals surface area contributed by atoms with Gasteiger partial charge in [0.2, 0.25) is 0 Å². The van der Waals surface area contributed by atoms with Gasteiger partial charge in [0.1, 0.15) is 0 Å². The third-order valence-corrected chi connectivity index (χ3v) is 4.81. The third-order valence-electron chi connectivity index (χ3n) is 4.81. The Bertz CT molecular complexity index is 384. The third kappa shape index (κ3) is 5.26. The van der Waals surface area contributed by atoms with E-state index in [1.807, 2.05) is 0 Å². The molecule has 24 heavy (non-hydrogen) atoms. The molecule has 2 rings (SSSR count). The molecule has 138 valence electrons. The van der Waals surface area contributed by atoms with Gasteiger partial charge in [-0.3, -0.25) is 9.98 Å². The monoisotopic (exact) mass is 337 g/mol. The highest BCUT2D eigenvalue weighted by Gasteiger charge is 2.17. The van der Waals surface area contributed by atoms with Gasteiger partial charge in [0.15, 0.2) is 11.9 Å². The highest BCUT2D eigenvalue weighted by molar-refractivity contribution is 5.80. The van der Waals surface area contributed by atoms with Crippen LogP contribution >= 0.6 is 0 Å². The summed E-state index contributed by atoms with van der Waals surface area (Å²) < 4.78 is 0. The molecule has 0 atom stereocenters. The van der Waals surface area contributed by atoms with E-state index in [9.17, 15) is 0 Å². The van der Waals surface area contributed by atoms with E-state index in [1.165, 1.54) is 12.8 Å². The molecular formula is C17H35N7. The molecule has 0 spiro atoms. The van der Waals surface area contributed by atoms with E-state index in [0.717, 1.165) is 64.3 Å². The van der Waals surface area contributed by atoms with Crippen LogP contribution in [-0.4, -0.2) is 124 Å². The normalized spacial score (nSPS) is 19.4. The fourth-order valence-electron chi connectivity index (χ4n) is 3.31. The number of likely N-dealkylation sites (N-methyl/N-ethyl adjacent to an activating group) is 1. The van der Waals surface area contributed by atoms with Gasteiger partial charge in [0.05, 0.1) is 13.1 Å². The lowest BCUT2D eigenvalue weighted by Crippen LogP contribution is -2.47. The Balaban J connectivity index is 1.72. The topological polar surface area (TPSA) is 40.9 Å². The van der Waals surface area contributed by atoms with Crippen molar-refractivity contribution in [2.45, 2.75) is 12.8 Å². The highest BCUT2D eigenvalue weighted by atomic mass is 15.4. The van der Waals surface area contributed by atoms with Gasteiger partial charge in [0, 0.05) is 67.5 Å². The van der Waals surface area contributed by atoms with E-state index in [2.05, 4.69) is 59.7 Å². The first-order valence-corrected chi connectivity index (χ1v) is 9.11. The Morgan fingerprint density at radius 2 is 1.04 bits per heavy atom. The Morgan fingerprint density at radius 3 is 1.38 bits per heavy atom. The largest absolute Gasteiger partial charge is 0.346 e. The van der Waals surface area contributed by atoms with Gasteiger partial charge in [-0.1, -0.05) is 0 Å². The first kappa shape index (κ1) is 18.8. The zero-order valence-corrected chi connectivity index (χ0v) is 16.2. The van der Waals surface area contributed by atoms with Crippen molar-refractivity contribution in [3.63, 3.8) is 0 Å². The minimum atomic E-state index is 0.844. The predicted octanol–water partition coefficient (Wildman–Crippen LogP) is 0.165. The van der Waals surface area contributed by atoms with Crippen molar-refractivity contribution in [3.05, 3.63) is 0 Å². The Hall–Kier alpha value is -1.50. The summed E-state index contributed by atoms with van der Waals surface area (Å²) in [6.07, 6.45) is 2.43. The molecule has 0 aromatic rings. The molecule has 2 fully saturated rings. The van der Waals surface area contributed by atoms with Crippen LogP contribution in [0.1, 0.15) is 12.8 Å². The van der Waals surface area contributed by atoms with E-state index < -0.39 is 0 Å². The average molecular weight is 338 g/mol. The van der Waals surface area contributed by atoms with Crippen molar-refractivity contribution in [1.29, 1.82) is 0 Å². The zero-order chi connectivity index (χ0) is 17.5. The van der Waals surface area contributed by atoms with Crippen LogP contribution in [-0.2, 0) is 0 Å². The molecule has 0 aromatic carbocycles. The van der Waals surface area contributed by atoms with Gasteiger partial charge in [0.25, 0.3) is 0 Å². The Morgan fingerprint density at radius 1 is 0.708 bits per heavy atom. The number of rotatable bonds is 6. The maximum atomic E-state index is 4.78. The summed E-state index contributed by atoms with van der Waals surface area (Å²) in [4.78, 5) is 20.9. The second kappa shape index (κ2) is 9.11. The van der Waals surface area contributed by atoms with E-state index in [-0.39, 0.29) is 0 Å². The van der Waals surface area contributed by atoms with Crippen molar-refractivity contribution in [1.82, 2.24) is 24.5 Å². The number of hydrogen-bond acceptors (Lipinski definition) is 3. The van der Waals surface area contributed by atoms with Gasteiger partial charge in [-0.2, -0.15) is 0 Å². The van der Waals surface area contributed by atoms with Crippen LogP contribution in [0.3, 0.4) is 0 Å². The van der Waals surface area contributed by atoms with Crippen LogP contribution in [0.5, 0.6) is 0 Å². The summed E-state index contributed by atoms with van der Waals surface area (Å²) in [5.74, 6) is 2.25. The Labute approximate surface area is 147 Å². The van der Waals surface area contributed by atoms with Crippen molar-refractivity contribution in [2.75, 3.05) is 87.6 Å². The molecule has 7 nitrogen and oxygen atoms in total. The summed E-state index contributed by atoms with van der Waals surface area (Å²) in [5, 5.41) is 0. The molecule has 0 saturated carbocycles. The zero-order valence-electron chi connectivity index (χ0n) is 16.2. The summed E-state index contributed by atoms with van der Waals surface area (Å²) in [7, 11) is 10.7. The quantitative estimate of drug-likeness (QED) is 0.691. The second-order valence-corrected chi connectivity index (χ2v) is 7.06. The van der Waals surface area contributed by atoms with Crippen LogP contribution in [0.15, 0.2) is 9.98 Å². The smallest absolute Gasteiger partial charge is 0.196 e. The van der Waals surface area contributed by atoms with Crippen LogP contribution in [0.25, 0.3) is 0 Å². The number of hydrogen-bond donors (Lipinski definition) is 0. The summed E-state index contributed by atoms with van der Waals surface area (Å²) in [6, 6.07) is 0. The molecule has 2 heterocycles. The lowest BCUT2D eigenvalue weighted by molar-refractivity contribution is 0.308. The van der Waals surface area contributed by atoms with E-state index in [0.29, 0.717) is 0 Å². The molecule has 0 aromatic heterocycles. The van der Waals surface area contributed by atoms with Gasteiger partial charge < -0.3 is 24.5 Å². The van der Waals surface area contributed by atoms with E-state index in [4.69, 9.17) is 9.98 Å². The van der Waals surface area contributed by atoms with Crippen molar-refractivity contribution >= 4 is 11.9 Å². The van der Waals surface area contributed by atoms with Gasteiger partial charge >= 0.3 is 0 Å². The fourth-order valence-corrected chi connectivity index (χ4v) is 3.31. The molecule has 2 aliphatic rings. The number of guanidine groups is 2. The lowest BCUT2D eigenvalue weighted by Gasteiger charge is -2.34. The summed E-state index contributed by atoms with van der Waals surface area (Å²) in [5.41, 5.74) is 0. The minimum absolute atomic E-state index is 0.844. The molecule has 0 N–H and O–H groups in total. The maximum absolute atomic E-state index is 4.78. The number of nitrogens with zero attached hydrogens (tertiary/aromatic N) is 7. The second-order valence-electron chi connectivity index (χ2n) is 7.06. The van der Waals surface area contributed by atoms with E-state index >= 15 is 0 Å². The molecule has 0 bridgehead atoms.